The number of hydrogen-bond donors (Lipinski definition) is 2. The Kier molecular flexibility index (Phi) is 8.35. The van der Waals surface area contributed by atoms with Gasteiger partial charge in [0.2, 0.25) is 0 Å². The van der Waals surface area contributed by atoms with Crippen molar-refractivity contribution < 1.29 is 23.9 Å². The van der Waals surface area contributed by atoms with Crippen molar-refractivity contribution in [1.82, 2.24) is 5.32 Å². The van der Waals surface area contributed by atoms with Gasteiger partial charge in [0.05, 0.1) is 14.6 Å². The maximum Gasteiger partial charge on any atom is 0.335 e. The number of amides is 5. The zero-order valence-electron chi connectivity index (χ0n) is 20.1. The first kappa shape index (κ1) is 27.6. The molecule has 0 spiro atoms. The van der Waals surface area contributed by atoms with Gasteiger partial charge in [-0.3, -0.25) is 19.7 Å². The third-order valence-corrected chi connectivity index (χ3v) is 7.05. The second-order valence-electron chi connectivity index (χ2n) is 8.39. The smallest absolute Gasteiger partial charge is 0.335 e. The van der Waals surface area contributed by atoms with Crippen LogP contribution >= 0.6 is 43.5 Å². The molecule has 38 heavy (non-hydrogen) atoms. The van der Waals surface area contributed by atoms with Gasteiger partial charge in [-0.1, -0.05) is 23.7 Å². The summed E-state index contributed by atoms with van der Waals surface area (Å²) in [5.41, 5.74) is 3.30. The van der Waals surface area contributed by atoms with Crippen LogP contribution in [0.1, 0.15) is 16.7 Å². The lowest BCUT2D eigenvalue weighted by atomic mass is 10.1. The Bertz CT molecular complexity index is 1500. The van der Waals surface area contributed by atoms with Crippen molar-refractivity contribution in [3.63, 3.8) is 0 Å². The van der Waals surface area contributed by atoms with E-state index >= 15 is 0 Å². The average molecular weight is 662 g/mol. The second kappa shape index (κ2) is 11.5. The number of imide groups is 2. The fourth-order valence-electron chi connectivity index (χ4n) is 3.63. The number of benzene rings is 3. The summed E-state index contributed by atoms with van der Waals surface area (Å²) in [7, 11) is 0. The van der Waals surface area contributed by atoms with Crippen LogP contribution in [-0.4, -0.2) is 30.4 Å². The number of urea groups is 1. The van der Waals surface area contributed by atoms with E-state index < -0.39 is 17.8 Å². The van der Waals surface area contributed by atoms with Crippen LogP contribution in [-0.2, 0) is 14.4 Å². The van der Waals surface area contributed by atoms with Crippen LogP contribution in [0.3, 0.4) is 0 Å². The molecule has 3 aromatic rings. The molecule has 0 bridgehead atoms. The molecule has 8 nitrogen and oxygen atoms in total. The highest BCUT2D eigenvalue weighted by Crippen LogP contribution is 2.36. The number of ether oxygens (including phenoxy) is 1. The molecule has 1 aliphatic heterocycles. The van der Waals surface area contributed by atoms with Crippen LogP contribution in [0.4, 0.5) is 16.2 Å². The molecule has 0 aromatic heterocycles. The Balaban J connectivity index is 1.51. The predicted octanol–water partition coefficient (Wildman–Crippen LogP) is 6.17. The van der Waals surface area contributed by atoms with Gasteiger partial charge in [-0.15, -0.1) is 0 Å². The minimum absolute atomic E-state index is 0.226. The number of barbiturate groups is 1. The van der Waals surface area contributed by atoms with E-state index in [9.17, 15) is 19.2 Å². The highest BCUT2D eigenvalue weighted by Gasteiger charge is 2.37. The van der Waals surface area contributed by atoms with E-state index in [1.807, 2.05) is 32.0 Å². The van der Waals surface area contributed by atoms with Crippen LogP contribution in [0.15, 0.2) is 69.1 Å². The van der Waals surface area contributed by atoms with Crippen molar-refractivity contribution in [3.8, 4) is 5.75 Å². The van der Waals surface area contributed by atoms with Gasteiger partial charge in [0.25, 0.3) is 17.7 Å². The van der Waals surface area contributed by atoms with E-state index in [2.05, 4.69) is 42.5 Å². The number of carbonyl (C=O) groups is 4. The number of hydrogen-bond acceptors (Lipinski definition) is 5. The van der Waals surface area contributed by atoms with E-state index in [4.69, 9.17) is 16.3 Å². The van der Waals surface area contributed by atoms with E-state index in [0.29, 0.717) is 31.0 Å². The lowest BCUT2D eigenvalue weighted by Crippen LogP contribution is -2.54. The molecule has 0 saturated carbocycles. The molecule has 0 unspecified atom stereocenters. The molecule has 11 heteroatoms. The quantitative estimate of drug-likeness (QED) is 0.243. The van der Waals surface area contributed by atoms with Gasteiger partial charge < -0.3 is 10.1 Å². The van der Waals surface area contributed by atoms with Crippen LogP contribution in [0.2, 0.25) is 5.02 Å². The Morgan fingerprint density at radius 2 is 1.74 bits per heavy atom. The molecule has 0 aliphatic carbocycles. The Labute approximate surface area is 240 Å². The van der Waals surface area contributed by atoms with Crippen LogP contribution in [0.5, 0.6) is 5.75 Å². The highest BCUT2D eigenvalue weighted by molar-refractivity contribution is 9.11. The summed E-state index contributed by atoms with van der Waals surface area (Å²) in [6, 6.07) is 14.2. The molecule has 0 atom stereocenters. The molecule has 4 rings (SSSR count). The minimum atomic E-state index is -0.871. The highest BCUT2D eigenvalue weighted by atomic mass is 79.9. The predicted molar refractivity (Wildman–Crippen MR) is 152 cm³/mol. The topological polar surface area (TPSA) is 105 Å². The average Bonchev–Trinajstić information content (AvgIpc) is 2.83. The summed E-state index contributed by atoms with van der Waals surface area (Å²) < 4.78 is 6.66. The van der Waals surface area contributed by atoms with E-state index in [1.54, 1.807) is 24.3 Å². The molecule has 1 fully saturated rings. The lowest BCUT2D eigenvalue weighted by Gasteiger charge is -2.26. The molecule has 1 saturated heterocycles. The fourth-order valence-corrected chi connectivity index (χ4v) is 5.26. The van der Waals surface area contributed by atoms with Gasteiger partial charge in [-0.25, -0.2) is 9.69 Å². The van der Waals surface area contributed by atoms with E-state index in [0.717, 1.165) is 16.0 Å². The molecule has 1 aliphatic rings. The van der Waals surface area contributed by atoms with Gasteiger partial charge in [0, 0.05) is 10.7 Å². The standard InChI is InChI=1S/C27H20Br2ClN3O5/c1-14-6-7-18(8-15(14)2)31-23(34)13-38-24-21(28)10-16(11-22(24)29)9-20-25(35)32-27(37)33(26(20)36)19-5-3-4-17(30)12-19/h3-12H,13H2,1-2H3,(H,31,34)(H,32,35,37)/b20-9+. The van der Waals surface area contributed by atoms with Crippen molar-refractivity contribution in [2.45, 2.75) is 13.8 Å². The van der Waals surface area contributed by atoms with Crippen LogP contribution in [0.25, 0.3) is 6.08 Å². The lowest BCUT2D eigenvalue weighted by molar-refractivity contribution is -0.122. The SMILES string of the molecule is Cc1ccc(NC(=O)COc2c(Br)cc(/C=C3\C(=O)NC(=O)N(c4cccc(Cl)c4)C3=O)cc2Br)cc1C. The molecular weight excluding hydrogens is 642 g/mol. The number of rotatable bonds is 6. The Hall–Kier alpha value is -3.47. The molecule has 3 aromatic carbocycles. The number of nitrogens with zero attached hydrogens (tertiary/aromatic N) is 1. The first-order chi connectivity index (χ1) is 18.0. The number of carbonyl (C=O) groups excluding carboxylic acids is 4. The molecule has 2 N–H and O–H groups in total. The van der Waals surface area contributed by atoms with Gasteiger partial charge in [0.1, 0.15) is 11.3 Å². The van der Waals surface area contributed by atoms with Crippen molar-refractivity contribution in [1.29, 1.82) is 0 Å². The van der Waals surface area contributed by atoms with Gasteiger partial charge >= 0.3 is 6.03 Å². The van der Waals surface area contributed by atoms with Gasteiger partial charge in [-0.05, 0) is 111 Å². The maximum atomic E-state index is 13.1. The van der Waals surface area contributed by atoms with Crippen molar-refractivity contribution >= 4 is 84.7 Å². The number of aryl methyl sites for hydroxylation is 2. The van der Waals surface area contributed by atoms with E-state index in [1.165, 1.54) is 18.2 Å². The third kappa shape index (κ3) is 6.15. The summed E-state index contributed by atoms with van der Waals surface area (Å²) in [6.07, 6.45) is 1.35. The second-order valence-corrected chi connectivity index (χ2v) is 10.5. The zero-order valence-corrected chi connectivity index (χ0v) is 24.0. The number of halogens is 3. The summed E-state index contributed by atoms with van der Waals surface area (Å²) >= 11 is 12.8. The number of nitrogens with one attached hydrogen (secondary N) is 2. The molecule has 194 valence electrons. The summed E-state index contributed by atoms with van der Waals surface area (Å²) in [6.45, 7) is 3.70. The van der Waals surface area contributed by atoms with Crippen molar-refractivity contribution in [2.75, 3.05) is 16.8 Å². The first-order valence-electron chi connectivity index (χ1n) is 11.2. The molecule has 0 radical (unpaired) electrons. The van der Waals surface area contributed by atoms with Gasteiger partial charge in [-0.2, -0.15) is 0 Å². The maximum absolute atomic E-state index is 13.1. The number of anilines is 2. The monoisotopic (exact) mass is 659 g/mol. The zero-order chi connectivity index (χ0) is 27.6. The van der Waals surface area contributed by atoms with Crippen molar-refractivity contribution in [2.24, 2.45) is 0 Å². The van der Waals surface area contributed by atoms with Crippen LogP contribution in [0, 0.1) is 13.8 Å². The summed E-state index contributed by atoms with van der Waals surface area (Å²) in [5, 5.41) is 5.29. The summed E-state index contributed by atoms with van der Waals surface area (Å²) in [4.78, 5) is 51.2. The molecule has 5 amide bonds. The van der Waals surface area contributed by atoms with Crippen LogP contribution < -0.4 is 20.3 Å². The Morgan fingerprint density at radius 1 is 1.03 bits per heavy atom. The van der Waals surface area contributed by atoms with Gasteiger partial charge in [0.15, 0.2) is 6.61 Å². The molecular formula is C27H20Br2ClN3O5. The van der Waals surface area contributed by atoms with E-state index in [-0.39, 0.29) is 23.8 Å². The fraction of sp³-hybridized carbons (Fsp3) is 0.111. The normalized spacial score (nSPS) is 14.5. The minimum Gasteiger partial charge on any atom is -0.481 e. The summed E-state index contributed by atoms with van der Waals surface area (Å²) in [5.74, 6) is -1.60. The largest absolute Gasteiger partial charge is 0.481 e. The first-order valence-corrected chi connectivity index (χ1v) is 13.2. The Morgan fingerprint density at radius 3 is 2.39 bits per heavy atom. The molecule has 1 heterocycles. The third-order valence-electron chi connectivity index (χ3n) is 5.64. The van der Waals surface area contributed by atoms with Crippen molar-refractivity contribution in [3.05, 3.63) is 90.8 Å².